The molecule has 2 fully saturated rings. The summed E-state index contributed by atoms with van der Waals surface area (Å²) < 4.78 is 137. The average Bonchev–Trinajstić information content (AvgIpc) is 1.63. The maximum atomic E-state index is 15.6. The van der Waals surface area contributed by atoms with Gasteiger partial charge in [0.25, 0.3) is 23.6 Å². The number of carbonyl (C=O) groups is 6. The van der Waals surface area contributed by atoms with Crippen LogP contribution < -0.4 is 18.9 Å². The second-order valence-corrected chi connectivity index (χ2v) is 22.2. The molecule has 0 saturated carbocycles. The molecule has 4 atom stereocenters. The van der Waals surface area contributed by atoms with Gasteiger partial charge in [0.1, 0.15) is 83.5 Å². The summed E-state index contributed by atoms with van der Waals surface area (Å²) in [5.41, 5.74) is 1.44. The van der Waals surface area contributed by atoms with Crippen molar-refractivity contribution in [3.05, 3.63) is 166 Å². The van der Waals surface area contributed by atoms with Crippen molar-refractivity contribution in [2.24, 2.45) is 0 Å². The van der Waals surface area contributed by atoms with Crippen LogP contribution in [0.15, 0.2) is 121 Å². The fourth-order valence-corrected chi connectivity index (χ4v) is 11.2. The van der Waals surface area contributed by atoms with Crippen molar-refractivity contribution in [1.82, 2.24) is 9.80 Å². The number of amides is 4. The molecule has 4 aliphatic heterocycles. The van der Waals surface area contributed by atoms with E-state index in [0.29, 0.717) is 0 Å². The van der Waals surface area contributed by atoms with Gasteiger partial charge in [-0.1, -0.05) is 70.8 Å². The number of halogens is 6. The summed E-state index contributed by atoms with van der Waals surface area (Å²) in [6, 6.07) is 26.0. The molecule has 16 nitrogen and oxygen atoms in total. The van der Waals surface area contributed by atoms with Gasteiger partial charge in [-0.2, -0.15) is 26.3 Å². The summed E-state index contributed by atoms with van der Waals surface area (Å²) >= 11 is 0. The summed E-state index contributed by atoms with van der Waals surface area (Å²) in [4.78, 5) is 90.7. The summed E-state index contributed by atoms with van der Waals surface area (Å²) in [5.74, 6) is -8.95. The molecular formula is C66H48F6N2O14. The molecule has 9 aromatic rings. The van der Waals surface area contributed by atoms with Crippen molar-refractivity contribution in [3.8, 4) is 46.0 Å². The fraction of sp³-hybridized carbons (Fsp3) is 0.242. The fourth-order valence-electron chi connectivity index (χ4n) is 11.2. The predicted molar refractivity (Wildman–Crippen MR) is 304 cm³/mol. The molecule has 0 spiro atoms. The van der Waals surface area contributed by atoms with Crippen LogP contribution in [-0.4, -0.2) is 108 Å². The number of hydrogen-bond acceptors (Lipinski definition) is 14. The van der Waals surface area contributed by atoms with Crippen molar-refractivity contribution in [2.45, 2.75) is 77.2 Å². The van der Waals surface area contributed by atoms with Gasteiger partial charge < -0.3 is 37.9 Å². The minimum atomic E-state index is -5.15. The first kappa shape index (κ1) is 57.3. The molecule has 448 valence electrons. The molecule has 4 amide bonds. The van der Waals surface area contributed by atoms with Crippen molar-refractivity contribution >= 4 is 78.7 Å². The van der Waals surface area contributed by atoms with E-state index in [1.807, 2.05) is 27.7 Å². The smallest absolute Gasteiger partial charge is 0.391 e. The molecule has 4 heterocycles. The van der Waals surface area contributed by atoms with Gasteiger partial charge in [0.05, 0.1) is 48.3 Å². The quantitative estimate of drug-likeness (QED) is 0.0197. The lowest BCUT2D eigenvalue weighted by atomic mass is 9.80. The summed E-state index contributed by atoms with van der Waals surface area (Å²) in [6.45, 7) is 6.62. The van der Waals surface area contributed by atoms with Crippen LogP contribution in [-0.2, 0) is 28.5 Å². The largest absolute Gasteiger partial charge is 0.461 e. The summed E-state index contributed by atoms with van der Waals surface area (Å²) in [7, 11) is 0. The standard InChI is InChI=1S/C66H48F6N2O14/c1-31-5-13-35(14-6-31)85-47-21-41-51-42(60(76)73(59(41)75)45(25-65(67,68)69)63(79)83-29-39-27-81-39)23-49(87-37-17-9-33(3)10-18-37)55-56-50(88-38-19-11-34(4)12-20-38)24-44-52-43(22-48(54(58(52)56)53(47)57(51)55)86-36-15-7-32(2)8-16-36)61(77)74(62(44)78)46(26-66(70,71)72)64(80)84-30-40-28-82-40/h5-24,39-40,45-46H,25-30H2,1-4H3. The van der Waals surface area contributed by atoms with Crippen LogP contribution >= 0.6 is 0 Å². The van der Waals surface area contributed by atoms with Crippen LogP contribution in [0.2, 0.25) is 0 Å². The van der Waals surface area contributed by atoms with Crippen molar-refractivity contribution < 1.29 is 93.0 Å². The van der Waals surface area contributed by atoms with Gasteiger partial charge in [0, 0.05) is 43.1 Å². The van der Waals surface area contributed by atoms with E-state index in [9.17, 15) is 35.9 Å². The average molecular weight is 1210 g/mol. The SMILES string of the molecule is Cc1ccc(Oc2cc3c4c(cc(Oc5ccc(C)cc5)c5c6c(Oc7ccc(C)cc7)cc7c8c(cc(Oc9ccc(C)cc9)c(c2c45)c86)C(=O)N(C(CC(F)(F)F)C(=O)OCC2CO2)C7=O)C(=O)N(C(CC(F)(F)F)C(=O)OCC2CO2)C3=O)cc1. The third kappa shape index (κ3) is 10.8. The lowest BCUT2D eigenvalue weighted by molar-refractivity contribution is -0.167. The Morgan fingerprint density at radius 1 is 0.420 bits per heavy atom. The van der Waals surface area contributed by atoms with Crippen molar-refractivity contribution in [1.29, 1.82) is 0 Å². The molecule has 0 bridgehead atoms. The van der Waals surface area contributed by atoms with E-state index in [0.717, 1.165) is 22.3 Å². The van der Waals surface area contributed by atoms with Gasteiger partial charge in [0.2, 0.25) is 0 Å². The summed E-state index contributed by atoms with van der Waals surface area (Å²) in [5, 5.41) is -0.507. The topological polar surface area (TPSA) is 189 Å². The molecule has 13 rings (SSSR count). The molecular weight excluding hydrogens is 1160 g/mol. The van der Waals surface area contributed by atoms with Gasteiger partial charge in [-0.05, 0) is 100 Å². The molecule has 22 heteroatoms. The first-order valence-electron chi connectivity index (χ1n) is 27.8. The highest BCUT2D eigenvalue weighted by atomic mass is 19.4. The van der Waals surface area contributed by atoms with Crippen LogP contribution in [0.4, 0.5) is 26.3 Å². The monoisotopic (exact) mass is 1210 g/mol. The number of aryl methyl sites for hydroxylation is 4. The molecule has 9 aromatic carbocycles. The number of rotatable bonds is 18. The lowest BCUT2D eigenvalue weighted by Crippen LogP contribution is -2.52. The maximum absolute atomic E-state index is 15.6. The highest BCUT2D eigenvalue weighted by Gasteiger charge is 2.51. The molecule has 88 heavy (non-hydrogen) atoms. The van der Waals surface area contributed by atoms with E-state index in [-0.39, 0.29) is 112 Å². The van der Waals surface area contributed by atoms with Crippen molar-refractivity contribution in [2.75, 3.05) is 26.4 Å². The number of alkyl halides is 6. The minimum Gasteiger partial charge on any atom is -0.461 e. The number of epoxide rings is 2. The Kier molecular flexibility index (Phi) is 14.0. The van der Waals surface area contributed by atoms with E-state index < -0.39 is 121 Å². The maximum Gasteiger partial charge on any atom is 0.391 e. The normalized spacial score (nSPS) is 17.0. The number of carbonyl (C=O) groups excluding carboxylic acids is 6. The Hall–Kier alpha value is -9.80. The Bertz CT molecular complexity index is 3890. The Labute approximate surface area is 495 Å². The first-order chi connectivity index (χ1) is 42.0. The highest BCUT2D eigenvalue weighted by molar-refractivity contribution is 6.45. The molecule has 0 aliphatic carbocycles. The second-order valence-electron chi connectivity index (χ2n) is 22.2. The highest BCUT2D eigenvalue weighted by Crippen LogP contribution is 2.58. The van der Waals surface area contributed by atoms with Gasteiger partial charge in [-0.15, -0.1) is 0 Å². The van der Waals surface area contributed by atoms with E-state index in [4.69, 9.17) is 37.9 Å². The van der Waals surface area contributed by atoms with Gasteiger partial charge in [0.15, 0.2) is 0 Å². The Balaban J connectivity index is 1.19. The van der Waals surface area contributed by atoms with E-state index in [2.05, 4.69) is 0 Å². The second kappa shape index (κ2) is 21.6. The van der Waals surface area contributed by atoms with Crippen LogP contribution in [0, 0.1) is 27.7 Å². The molecule has 4 unspecified atom stereocenters. The Morgan fingerprint density at radius 2 is 0.659 bits per heavy atom. The zero-order valence-corrected chi connectivity index (χ0v) is 47.0. The minimum absolute atomic E-state index is 0.0163. The molecule has 4 aliphatic rings. The number of fused-ring (bicyclic) bond motifs is 2. The molecule has 0 radical (unpaired) electrons. The summed E-state index contributed by atoms with van der Waals surface area (Å²) in [6.07, 6.45) is -15.6. The van der Waals surface area contributed by atoms with Crippen LogP contribution in [0.25, 0.3) is 43.1 Å². The zero-order chi connectivity index (χ0) is 61.8. The number of ether oxygens (including phenoxy) is 8. The zero-order valence-electron chi connectivity index (χ0n) is 47.0. The molecule has 2 saturated heterocycles. The Morgan fingerprint density at radius 3 is 0.875 bits per heavy atom. The first-order valence-corrected chi connectivity index (χ1v) is 27.8. The number of imide groups is 2. The van der Waals surface area contributed by atoms with Gasteiger partial charge in [-0.25, -0.2) is 9.59 Å². The van der Waals surface area contributed by atoms with Gasteiger partial charge >= 0.3 is 24.3 Å². The van der Waals surface area contributed by atoms with E-state index >= 15 is 19.2 Å². The van der Waals surface area contributed by atoms with E-state index in [1.165, 1.54) is 24.3 Å². The number of nitrogens with zero attached hydrogens (tertiary/aromatic N) is 2. The van der Waals surface area contributed by atoms with Crippen LogP contribution in [0.1, 0.15) is 76.5 Å². The van der Waals surface area contributed by atoms with Gasteiger partial charge in [-0.3, -0.25) is 29.0 Å². The molecule has 0 aromatic heterocycles. The van der Waals surface area contributed by atoms with E-state index in [1.54, 1.807) is 97.1 Å². The van der Waals surface area contributed by atoms with Crippen LogP contribution in [0.3, 0.4) is 0 Å². The van der Waals surface area contributed by atoms with Crippen molar-refractivity contribution in [3.63, 3.8) is 0 Å². The molecule has 0 N–H and O–H groups in total. The number of benzene rings is 9. The van der Waals surface area contributed by atoms with Crippen LogP contribution in [0.5, 0.6) is 46.0 Å². The third-order valence-electron chi connectivity index (χ3n) is 15.6. The number of hydrogen-bond donors (Lipinski definition) is 0. The number of esters is 2. The third-order valence-corrected chi connectivity index (χ3v) is 15.6. The lowest BCUT2D eigenvalue weighted by Gasteiger charge is -2.35. The predicted octanol–water partition coefficient (Wildman–Crippen LogP) is 13.9.